The Labute approximate surface area is 199 Å². The molecule has 168 valence electrons. The minimum absolute atomic E-state index is 0.301. The topological polar surface area (TPSA) is 54.8 Å². The molecule has 2 heterocycles. The van der Waals surface area contributed by atoms with Crippen molar-refractivity contribution in [2.75, 3.05) is 36.0 Å². The number of pyridine rings is 1. The van der Waals surface area contributed by atoms with E-state index >= 15 is 0 Å². The Morgan fingerprint density at radius 2 is 1.55 bits per heavy atom. The molecule has 1 aliphatic heterocycles. The molecule has 5 nitrogen and oxygen atoms in total. The van der Waals surface area contributed by atoms with Crippen LogP contribution in [0.1, 0.15) is 5.56 Å². The van der Waals surface area contributed by atoms with Crippen molar-refractivity contribution < 1.29 is 13.4 Å². The molecule has 4 aromatic rings. The van der Waals surface area contributed by atoms with E-state index in [0.717, 1.165) is 40.9 Å². The maximum atomic E-state index is 13.7. The summed E-state index contributed by atoms with van der Waals surface area (Å²) in [7, 11) is -3.70. The number of aromatic amines is 1. The highest BCUT2D eigenvalue weighted by atomic mass is 35.5. The van der Waals surface area contributed by atoms with E-state index in [1.807, 2.05) is 61.5 Å². The van der Waals surface area contributed by atoms with Crippen molar-refractivity contribution in [3.63, 3.8) is 0 Å². The van der Waals surface area contributed by atoms with E-state index in [4.69, 9.17) is 11.6 Å². The summed E-state index contributed by atoms with van der Waals surface area (Å²) in [4.78, 5) is 8.28. The van der Waals surface area contributed by atoms with E-state index in [0.29, 0.717) is 27.9 Å². The lowest BCUT2D eigenvalue weighted by Crippen LogP contribution is -2.47. The SMILES string of the molecule is Cc1ccc(S(=O)(=O)c2c[nH+]c3ccccc3c2N2CCN(c3cccc(Cl)c3)CC2)cc1. The number of hydrogen-bond donors (Lipinski definition) is 0. The number of fused-ring (bicyclic) bond motifs is 1. The van der Waals surface area contributed by atoms with Crippen LogP contribution in [0.2, 0.25) is 5.02 Å². The number of aromatic nitrogens is 1. The van der Waals surface area contributed by atoms with Gasteiger partial charge in [0.05, 0.1) is 16.0 Å². The van der Waals surface area contributed by atoms with E-state index in [-0.39, 0.29) is 0 Å². The number of benzene rings is 3. The summed E-state index contributed by atoms with van der Waals surface area (Å²) in [5.41, 5.74) is 3.78. The van der Waals surface area contributed by atoms with Gasteiger partial charge in [-0.1, -0.05) is 47.5 Å². The number of piperazine rings is 1. The number of H-pyrrole nitrogens is 1. The van der Waals surface area contributed by atoms with Crippen molar-refractivity contribution in [2.45, 2.75) is 16.7 Å². The van der Waals surface area contributed by atoms with Gasteiger partial charge in [0.1, 0.15) is 0 Å². The summed E-state index contributed by atoms with van der Waals surface area (Å²) in [5.74, 6) is 0. The van der Waals surface area contributed by atoms with Crippen molar-refractivity contribution in [3.8, 4) is 0 Å². The van der Waals surface area contributed by atoms with Crippen LogP contribution >= 0.6 is 11.6 Å². The Hall–Kier alpha value is -3.09. The fourth-order valence-electron chi connectivity index (χ4n) is 4.40. The van der Waals surface area contributed by atoms with E-state index in [1.165, 1.54) is 0 Å². The van der Waals surface area contributed by atoms with Gasteiger partial charge >= 0.3 is 0 Å². The second-order valence-electron chi connectivity index (χ2n) is 8.32. The smallest absolute Gasteiger partial charge is 0.214 e. The van der Waals surface area contributed by atoms with Crippen LogP contribution < -0.4 is 14.8 Å². The van der Waals surface area contributed by atoms with Gasteiger partial charge < -0.3 is 9.80 Å². The Morgan fingerprint density at radius 3 is 2.27 bits per heavy atom. The molecule has 0 saturated carbocycles. The molecule has 7 heteroatoms. The first-order valence-electron chi connectivity index (χ1n) is 10.9. The molecular weight excluding hydrogens is 454 g/mol. The van der Waals surface area contributed by atoms with Gasteiger partial charge in [-0.25, -0.2) is 13.4 Å². The molecule has 1 aromatic heterocycles. The van der Waals surface area contributed by atoms with Crippen LogP contribution in [-0.2, 0) is 9.84 Å². The average Bonchev–Trinajstić information content (AvgIpc) is 2.84. The van der Waals surface area contributed by atoms with E-state index in [2.05, 4.69) is 20.9 Å². The molecule has 1 fully saturated rings. The van der Waals surface area contributed by atoms with Gasteiger partial charge in [-0.15, -0.1) is 0 Å². The molecule has 3 aromatic carbocycles. The monoisotopic (exact) mass is 478 g/mol. The maximum absolute atomic E-state index is 13.7. The highest BCUT2D eigenvalue weighted by Crippen LogP contribution is 2.35. The highest BCUT2D eigenvalue weighted by Gasteiger charge is 2.31. The second kappa shape index (κ2) is 8.69. The first-order chi connectivity index (χ1) is 15.9. The molecule has 0 amide bonds. The molecule has 33 heavy (non-hydrogen) atoms. The summed E-state index contributed by atoms with van der Waals surface area (Å²) in [6.45, 7) is 4.91. The number of sulfone groups is 1. The lowest BCUT2D eigenvalue weighted by molar-refractivity contribution is -0.347. The fourth-order valence-corrected chi connectivity index (χ4v) is 6.04. The predicted octanol–water partition coefficient (Wildman–Crippen LogP) is 4.78. The van der Waals surface area contributed by atoms with E-state index < -0.39 is 9.84 Å². The van der Waals surface area contributed by atoms with Gasteiger partial charge in [-0.05, 0) is 43.3 Å². The Bertz CT molecular complexity index is 1410. The Kier molecular flexibility index (Phi) is 5.72. The van der Waals surface area contributed by atoms with Gasteiger partial charge in [0.2, 0.25) is 15.4 Å². The number of hydrogen-bond acceptors (Lipinski definition) is 4. The molecule has 0 atom stereocenters. The molecular formula is C26H25ClN3O2S+. The third-order valence-corrected chi connectivity index (χ3v) is 8.18. The lowest BCUT2D eigenvalue weighted by atomic mass is 10.1. The van der Waals surface area contributed by atoms with Gasteiger partial charge in [-0.2, -0.15) is 0 Å². The molecule has 1 aliphatic rings. The van der Waals surface area contributed by atoms with Crippen LogP contribution in [0.5, 0.6) is 0 Å². The number of rotatable bonds is 4. The first-order valence-corrected chi connectivity index (χ1v) is 12.8. The summed E-state index contributed by atoms with van der Waals surface area (Å²) in [5, 5.41) is 1.62. The summed E-state index contributed by atoms with van der Waals surface area (Å²) in [6.07, 6.45) is 1.64. The van der Waals surface area contributed by atoms with Gasteiger partial charge in [0.15, 0.2) is 11.1 Å². The maximum Gasteiger partial charge on any atom is 0.214 e. The largest absolute Gasteiger partial charge is 0.368 e. The molecule has 0 radical (unpaired) electrons. The van der Waals surface area contributed by atoms with Crippen LogP contribution in [0.25, 0.3) is 10.9 Å². The molecule has 0 aliphatic carbocycles. The molecule has 1 saturated heterocycles. The molecule has 0 bridgehead atoms. The van der Waals surface area contributed by atoms with Crippen LogP contribution in [0.15, 0.2) is 88.8 Å². The third kappa shape index (κ3) is 4.16. The van der Waals surface area contributed by atoms with Crippen molar-refractivity contribution in [2.24, 2.45) is 0 Å². The standard InChI is InChI=1S/C26H24ClN3O2S/c1-19-9-11-22(12-10-19)33(31,32)25-18-28-24-8-3-2-7-23(24)26(25)30-15-13-29(14-16-30)21-6-4-5-20(27)17-21/h2-12,17-18H,13-16H2,1H3/p+1. The number of nitrogens with one attached hydrogen (secondary N) is 1. The van der Waals surface area contributed by atoms with Gasteiger partial charge in [-0.3, -0.25) is 0 Å². The van der Waals surface area contributed by atoms with Gasteiger partial charge in [0, 0.05) is 43.0 Å². The lowest BCUT2D eigenvalue weighted by Gasteiger charge is -2.38. The number of aryl methyl sites for hydroxylation is 1. The van der Waals surface area contributed by atoms with Crippen molar-refractivity contribution >= 4 is 43.7 Å². The van der Waals surface area contributed by atoms with Gasteiger partial charge in [0.25, 0.3) is 0 Å². The van der Waals surface area contributed by atoms with Crippen LogP contribution in [0.3, 0.4) is 0 Å². The zero-order valence-electron chi connectivity index (χ0n) is 18.3. The Balaban J connectivity index is 1.55. The highest BCUT2D eigenvalue weighted by molar-refractivity contribution is 7.91. The number of para-hydroxylation sites is 1. The average molecular weight is 479 g/mol. The number of halogens is 1. The summed E-state index contributed by atoms with van der Waals surface area (Å²) >= 11 is 6.19. The normalized spacial score (nSPS) is 14.6. The zero-order chi connectivity index (χ0) is 23.0. The summed E-state index contributed by atoms with van der Waals surface area (Å²) in [6, 6.07) is 22.7. The molecule has 0 spiro atoms. The number of anilines is 2. The minimum atomic E-state index is -3.70. The third-order valence-electron chi connectivity index (χ3n) is 6.16. The van der Waals surface area contributed by atoms with E-state index in [9.17, 15) is 8.42 Å². The minimum Gasteiger partial charge on any atom is -0.368 e. The van der Waals surface area contributed by atoms with Crippen molar-refractivity contribution in [1.29, 1.82) is 0 Å². The zero-order valence-corrected chi connectivity index (χ0v) is 19.9. The van der Waals surface area contributed by atoms with E-state index in [1.54, 1.807) is 18.3 Å². The van der Waals surface area contributed by atoms with Crippen LogP contribution in [0, 0.1) is 6.92 Å². The molecule has 0 unspecified atom stereocenters. The quantitative estimate of drug-likeness (QED) is 0.423. The Morgan fingerprint density at radius 1 is 0.848 bits per heavy atom. The molecule has 5 rings (SSSR count). The number of nitrogens with zero attached hydrogens (tertiary/aromatic N) is 2. The van der Waals surface area contributed by atoms with Crippen molar-refractivity contribution in [3.05, 3.63) is 89.6 Å². The predicted molar refractivity (Wildman–Crippen MR) is 133 cm³/mol. The fraction of sp³-hybridized carbons (Fsp3) is 0.192. The molecule has 1 N–H and O–H groups in total. The van der Waals surface area contributed by atoms with Crippen LogP contribution in [0.4, 0.5) is 11.4 Å². The first kappa shape index (κ1) is 21.7. The van der Waals surface area contributed by atoms with Crippen LogP contribution in [-0.4, -0.2) is 34.6 Å². The summed E-state index contributed by atoms with van der Waals surface area (Å²) < 4.78 is 27.4. The van der Waals surface area contributed by atoms with Crippen molar-refractivity contribution in [1.82, 2.24) is 0 Å². The second-order valence-corrected chi connectivity index (χ2v) is 10.7.